The van der Waals surface area contributed by atoms with Crippen LogP contribution in [0.2, 0.25) is 0 Å². The second kappa shape index (κ2) is 3.38. The standard InChI is InChI=1S/C8H8FNO3/c1-2-5-3-6(9)8(11)7(4-5)10(12)13/h3-4,11H,2H2,1H3. The Balaban J connectivity index is 3.33. The average molecular weight is 185 g/mol. The average Bonchev–Trinajstić information content (AvgIpc) is 2.09. The van der Waals surface area contributed by atoms with Crippen molar-refractivity contribution < 1.29 is 14.4 Å². The number of nitro benzene ring substituents is 1. The zero-order valence-electron chi connectivity index (χ0n) is 6.95. The van der Waals surface area contributed by atoms with Crippen molar-refractivity contribution in [3.05, 3.63) is 33.6 Å². The number of phenolic OH excluding ortho intramolecular Hbond substituents is 1. The van der Waals surface area contributed by atoms with Crippen LogP contribution in [-0.2, 0) is 6.42 Å². The Hall–Kier alpha value is -1.65. The number of aromatic hydroxyl groups is 1. The summed E-state index contributed by atoms with van der Waals surface area (Å²) in [6, 6.07) is 2.25. The molecule has 1 rings (SSSR count). The third-order valence-corrected chi connectivity index (χ3v) is 1.71. The van der Waals surface area contributed by atoms with Gasteiger partial charge in [-0.05, 0) is 18.1 Å². The van der Waals surface area contributed by atoms with E-state index in [0.29, 0.717) is 12.0 Å². The number of benzene rings is 1. The Morgan fingerprint density at radius 3 is 2.69 bits per heavy atom. The van der Waals surface area contributed by atoms with Crippen LogP contribution < -0.4 is 0 Å². The molecule has 0 aliphatic heterocycles. The molecule has 1 aromatic carbocycles. The van der Waals surface area contributed by atoms with Gasteiger partial charge in [0.2, 0.25) is 5.75 Å². The number of halogens is 1. The molecule has 0 spiro atoms. The number of aryl methyl sites for hydroxylation is 1. The van der Waals surface area contributed by atoms with Gasteiger partial charge in [-0.1, -0.05) is 6.92 Å². The zero-order chi connectivity index (χ0) is 10.0. The third kappa shape index (κ3) is 1.74. The van der Waals surface area contributed by atoms with Crippen LogP contribution in [0.5, 0.6) is 5.75 Å². The molecule has 70 valence electrons. The van der Waals surface area contributed by atoms with Gasteiger partial charge in [-0.3, -0.25) is 10.1 Å². The smallest absolute Gasteiger partial charge is 0.314 e. The summed E-state index contributed by atoms with van der Waals surface area (Å²) in [6.07, 6.45) is 0.484. The number of nitro groups is 1. The van der Waals surface area contributed by atoms with Gasteiger partial charge in [0.25, 0.3) is 0 Å². The van der Waals surface area contributed by atoms with Crippen molar-refractivity contribution in [3.8, 4) is 5.75 Å². The highest BCUT2D eigenvalue weighted by Gasteiger charge is 2.18. The molecule has 0 unspecified atom stereocenters. The summed E-state index contributed by atoms with van der Waals surface area (Å²) in [5, 5.41) is 19.3. The largest absolute Gasteiger partial charge is 0.500 e. The highest BCUT2D eigenvalue weighted by molar-refractivity contribution is 5.48. The quantitative estimate of drug-likeness (QED) is 0.566. The molecule has 0 radical (unpaired) electrons. The Bertz CT molecular complexity index is 351. The summed E-state index contributed by atoms with van der Waals surface area (Å²) in [5.74, 6) is -1.85. The van der Waals surface area contributed by atoms with Crippen molar-refractivity contribution in [2.45, 2.75) is 13.3 Å². The van der Waals surface area contributed by atoms with E-state index in [1.54, 1.807) is 6.92 Å². The Morgan fingerprint density at radius 1 is 1.62 bits per heavy atom. The lowest BCUT2D eigenvalue weighted by Gasteiger charge is -2.00. The van der Waals surface area contributed by atoms with Crippen LogP contribution in [0.15, 0.2) is 12.1 Å². The number of hydrogen-bond acceptors (Lipinski definition) is 3. The SMILES string of the molecule is CCc1cc(F)c(O)c([N+](=O)[O-])c1. The van der Waals surface area contributed by atoms with Gasteiger partial charge in [-0.25, -0.2) is 4.39 Å². The monoisotopic (exact) mass is 185 g/mol. The summed E-state index contributed by atoms with van der Waals surface area (Å²) in [4.78, 5) is 9.51. The first-order chi connectivity index (χ1) is 6.06. The topological polar surface area (TPSA) is 63.4 Å². The molecule has 13 heavy (non-hydrogen) atoms. The Morgan fingerprint density at radius 2 is 2.23 bits per heavy atom. The highest BCUT2D eigenvalue weighted by Crippen LogP contribution is 2.29. The summed E-state index contributed by atoms with van der Waals surface area (Å²) >= 11 is 0. The van der Waals surface area contributed by atoms with Gasteiger partial charge >= 0.3 is 5.69 Å². The van der Waals surface area contributed by atoms with Gasteiger partial charge in [-0.15, -0.1) is 0 Å². The van der Waals surface area contributed by atoms with Crippen molar-refractivity contribution in [1.82, 2.24) is 0 Å². The molecule has 1 aromatic rings. The van der Waals surface area contributed by atoms with E-state index in [4.69, 9.17) is 5.11 Å². The third-order valence-electron chi connectivity index (χ3n) is 1.71. The second-order valence-corrected chi connectivity index (χ2v) is 2.56. The van der Waals surface area contributed by atoms with Gasteiger partial charge < -0.3 is 5.11 Å². The van der Waals surface area contributed by atoms with Gasteiger partial charge in [0, 0.05) is 6.07 Å². The van der Waals surface area contributed by atoms with Crippen LogP contribution in [0.25, 0.3) is 0 Å². The van der Waals surface area contributed by atoms with E-state index in [1.165, 1.54) is 6.07 Å². The molecule has 0 aliphatic rings. The lowest BCUT2D eigenvalue weighted by atomic mass is 10.1. The number of phenols is 1. The fourth-order valence-corrected chi connectivity index (χ4v) is 0.982. The van der Waals surface area contributed by atoms with Crippen molar-refractivity contribution in [2.24, 2.45) is 0 Å². The van der Waals surface area contributed by atoms with Crippen LogP contribution in [-0.4, -0.2) is 10.0 Å². The first-order valence-electron chi connectivity index (χ1n) is 3.72. The minimum absolute atomic E-state index is 0.484. The zero-order valence-corrected chi connectivity index (χ0v) is 6.95. The van der Waals surface area contributed by atoms with E-state index in [0.717, 1.165) is 6.07 Å². The van der Waals surface area contributed by atoms with E-state index in [2.05, 4.69) is 0 Å². The molecular weight excluding hydrogens is 177 g/mol. The summed E-state index contributed by atoms with van der Waals surface area (Å²) in [6.45, 7) is 1.75. The fourth-order valence-electron chi connectivity index (χ4n) is 0.982. The van der Waals surface area contributed by atoms with Crippen LogP contribution in [0.3, 0.4) is 0 Å². The van der Waals surface area contributed by atoms with Gasteiger partial charge in [0.1, 0.15) is 0 Å². The molecule has 0 amide bonds. The van der Waals surface area contributed by atoms with E-state index in [1.807, 2.05) is 0 Å². The summed E-state index contributed by atoms with van der Waals surface area (Å²) < 4.78 is 12.8. The van der Waals surface area contributed by atoms with E-state index < -0.39 is 22.2 Å². The van der Waals surface area contributed by atoms with E-state index >= 15 is 0 Å². The molecule has 0 fully saturated rings. The molecule has 0 saturated carbocycles. The molecule has 0 aliphatic carbocycles. The van der Waals surface area contributed by atoms with Gasteiger partial charge in [0.05, 0.1) is 4.92 Å². The molecule has 0 bridgehead atoms. The van der Waals surface area contributed by atoms with E-state index in [-0.39, 0.29) is 0 Å². The van der Waals surface area contributed by atoms with Crippen molar-refractivity contribution in [3.63, 3.8) is 0 Å². The summed E-state index contributed by atoms with van der Waals surface area (Å²) in [7, 11) is 0. The van der Waals surface area contributed by atoms with Crippen molar-refractivity contribution >= 4 is 5.69 Å². The van der Waals surface area contributed by atoms with Crippen LogP contribution in [0.1, 0.15) is 12.5 Å². The predicted molar refractivity (Wildman–Crippen MR) is 44.1 cm³/mol. The maximum absolute atomic E-state index is 12.8. The molecule has 0 saturated heterocycles. The molecule has 0 aromatic heterocycles. The molecule has 0 heterocycles. The Labute approximate surface area is 73.8 Å². The number of rotatable bonds is 2. The number of nitrogens with zero attached hydrogens (tertiary/aromatic N) is 1. The lowest BCUT2D eigenvalue weighted by molar-refractivity contribution is -0.386. The fraction of sp³-hybridized carbons (Fsp3) is 0.250. The molecule has 5 heteroatoms. The lowest BCUT2D eigenvalue weighted by Crippen LogP contribution is -1.93. The number of hydrogen-bond donors (Lipinski definition) is 1. The van der Waals surface area contributed by atoms with Crippen LogP contribution in [0.4, 0.5) is 10.1 Å². The molecule has 4 nitrogen and oxygen atoms in total. The predicted octanol–water partition coefficient (Wildman–Crippen LogP) is 2.00. The van der Waals surface area contributed by atoms with Gasteiger partial charge in [0.15, 0.2) is 5.82 Å². The normalized spacial score (nSPS) is 10.0. The molecular formula is C8H8FNO3. The minimum Gasteiger partial charge on any atom is -0.500 e. The maximum atomic E-state index is 12.8. The Kier molecular flexibility index (Phi) is 2.46. The summed E-state index contributed by atoms with van der Waals surface area (Å²) in [5.41, 5.74) is -0.0983. The van der Waals surface area contributed by atoms with Gasteiger partial charge in [-0.2, -0.15) is 0 Å². The highest BCUT2D eigenvalue weighted by atomic mass is 19.1. The maximum Gasteiger partial charge on any atom is 0.314 e. The van der Waals surface area contributed by atoms with Crippen LogP contribution >= 0.6 is 0 Å². The molecule has 1 N–H and O–H groups in total. The second-order valence-electron chi connectivity index (χ2n) is 2.56. The first-order valence-corrected chi connectivity index (χ1v) is 3.72. The van der Waals surface area contributed by atoms with Crippen molar-refractivity contribution in [1.29, 1.82) is 0 Å². The first kappa shape index (κ1) is 9.44. The molecule has 0 atom stereocenters. The van der Waals surface area contributed by atoms with Crippen LogP contribution in [0, 0.1) is 15.9 Å². The minimum atomic E-state index is -0.953. The van der Waals surface area contributed by atoms with Crippen molar-refractivity contribution in [2.75, 3.05) is 0 Å². The van der Waals surface area contributed by atoms with E-state index in [9.17, 15) is 14.5 Å².